The normalized spacial score (nSPS) is 10.8. The molecule has 1 amide bonds. The molecule has 3 aromatic rings. The monoisotopic (exact) mass is 541 g/mol. The maximum absolute atomic E-state index is 12.6. The van der Waals surface area contributed by atoms with Crippen LogP contribution in [-0.2, 0) is 11.4 Å². The van der Waals surface area contributed by atoms with E-state index in [1.165, 1.54) is 25.3 Å². The van der Waals surface area contributed by atoms with Crippen LogP contribution in [0.15, 0.2) is 70.7 Å². The molecule has 0 fully saturated rings. The first-order valence-electron chi connectivity index (χ1n) is 9.73. The zero-order valence-corrected chi connectivity index (χ0v) is 20.1. The number of nitriles is 1. The fraction of sp³-hybridized carbons (Fsp3) is 0.0833. The maximum atomic E-state index is 12.6. The number of hydrogen-bond donors (Lipinski definition) is 1. The molecule has 0 aromatic heterocycles. The molecule has 172 valence electrons. The SMILES string of the molecule is COc1ccc(/C=C(\C#N)C(=O)Nc2cc([N+](=O)[O-])ccc2Cl)cc1OCc1ccc(Br)cc1. The molecule has 0 aliphatic carbocycles. The Kier molecular flexibility index (Phi) is 8.24. The van der Waals surface area contributed by atoms with Crippen LogP contribution in [0.5, 0.6) is 11.5 Å². The van der Waals surface area contributed by atoms with Crippen molar-refractivity contribution in [2.75, 3.05) is 12.4 Å². The summed E-state index contributed by atoms with van der Waals surface area (Å²) >= 11 is 9.41. The Balaban J connectivity index is 1.82. The molecule has 0 spiro atoms. The average molecular weight is 543 g/mol. The van der Waals surface area contributed by atoms with E-state index in [-0.39, 0.29) is 28.6 Å². The number of hydrogen-bond acceptors (Lipinski definition) is 6. The molecular weight excluding hydrogens is 526 g/mol. The van der Waals surface area contributed by atoms with E-state index in [0.717, 1.165) is 16.1 Å². The first-order chi connectivity index (χ1) is 16.3. The Morgan fingerprint density at radius 3 is 2.56 bits per heavy atom. The number of carbonyl (C=O) groups is 1. The zero-order chi connectivity index (χ0) is 24.7. The summed E-state index contributed by atoms with van der Waals surface area (Å²) < 4.78 is 12.2. The van der Waals surface area contributed by atoms with Crippen molar-refractivity contribution in [1.29, 1.82) is 5.26 Å². The van der Waals surface area contributed by atoms with Gasteiger partial charge in [-0.25, -0.2) is 0 Å². The Morgan fingerprint density at radius 1 is 1.18 bits per heavy atom. The van der Waals surface area contributed by atoms with E-state index in [1.807, 2.05) is 30.3 Å². The first kappa shape index (κ1) is 24.8. The van der Waals surface area contributed by atoms with Gasteiger partial charge in [0.1, 0.15) is 18.2 Å². The van der Waals surface area contributed by atoms with Gasteiger partial charge in [0.05, 0.1) is 22.7 Å². The average Bonchev–Trinajstić information content (AvgIpc) is 2.83. The molecule has 0 unspecified atom stereocenters. The van der Waals surface area contributed by atoms with Crippen LogP contribution in [0, 0.1) is 21.4 Å². The van der Waals surface area contributed by atoms with E-state index < -0.39 is 10.8 Å². The summed E-state index contributed by atoms with van der Waals surface area (Å²) in [7, 11) is 1.51. The predicted octanol–water partition coefficient (Wildman–Crippen LogP) is 6.14. The van der Waals surface area contributed by atoms with Gasteiger partial charge in [0.25, 0.3) is 11.6 Å². The molecule has 0 radical (unpaired) electrons. The van der Waals surface area contributed by atoms with E-state index in [4.69, 9.17) is 21.1 Å². The van der Waals surface area contributed by atoms with Crippen molar-refractivity contribution in [3.63, 3.8) is 0 Å². The molecule has 34 heavy (non-hydrogen) atoms. The van der Waals surface area contributed by atoms with Gasteiger partial charge in [0, 0.05) is 16.6 Å². The van der Waals surface area contributed by atoms with Crippen LogP contribution in [0.2, 0.25) is 5.02 Å². The van der Waals surface area contributed by atoms with Crippen LogP contribution >= 0.6 is 27.5 Å². The van der Waals surface area contributed by atoms with Gasteiger partial charge in [0.15, 0.2) is 11.5 Å². The van der Waals surface area contributed by atoms with Crippen LogP contribution in [0.3, 0.4) is 0 Å². The van der Waals surface area contributed by atoms with Crippen LogP contribution in [-0.4, -0.2) is 17.9 Å². The standard InChI is InChI=1S/C24H17BrClN3O5/c1-33-22-9-4-16(11-23(22)34-14-15-2-5-18(25)6-3-15)10-17(13-27)24(30)28-21-12-19(29(31)32)7-8-20(21)26/h2-12H,14H2,1H3,(H,28,30)/b17-10+. The number of nitro benzene ring substituents is 1. The summed E-state index contributed by atoms with van der Waals surface area (Å²) in [5.74, 6) is 0.150. The highest BCUT2D eigenvalue weighted by molar-refractivity contribution is 9.10. The van der Waals surface area contributed by atoms with Gasteiger partial charge in [0.2, 0.25) is 0 Å². The van der Waals surface area contributed by atoms with Crippen molar-refractivity contribution < 1.29 is 19.2 Å². The molecule has 0 saturated carbocycles. The smallest absolute Gasteiger partial charge is 0.271 e. The summed E-state index contributed by atoms with van der Waals surface area (Å²) in [5, 5.41) is 23.0. The number of nitrogens with zero attached hydrogens (tertiary/aromatic N) is 2. The minimum atomic E-state index is -0.766. The summed E-state index contributed by atoms with van der Waals surface area (Å²) in [4.78, 5) is 23.0. The number of amides is 1. The molecule has 8 nitrogen and oxygen atoms in total. The van der Waals surface area contributed by atoms with E-state index in [9.17, 15) is 20.2 Å². The molecule has 0 bridgehead atoms. The lowest BCUT2D eigenvalue weighted by atomic mass is 10.1. The number of rotatable bonds is 8. The zero-order valence-electron chi connectivity index (χ0n) is 17.7. The Morgan fingerprint density at radius 2 is 1.91 bits per heavy atom. The number of non-ortho nitro benzene ring substituents is 1. The molecular formula is C24H17BrClN3O5. The third kappa shape index (κ3) is 6.34. The van der Waals surface area contributed by atoms with Crippen molar-refractivity contribution in [3.05, 3.63) is 97.0 Å². The molecule has 0 aliphatic heterocycles. The number of halogens is 2. The number of ether oxygens (including phenoxy) is 2. The number of benzene rings is 3. The van der Waals surface area contributed by atoms with Gasteiger partial charge in [-0.15, -0.1) is 0 Å². The Hall–Kier alpha value is -3.87. The lowest BCUT2D eigenvalue weighted by Crippen LogP contribution is -2.14. The topological polar surface area (TPSA) is 114 Å². The van der Waals surface area contributed by atoms with Gasteiger partial charge in [-0.05, 0) is 47.5 Å². The fourth-order valence-corrected chi connectivity index (χ4v) is 3.29. The summed E-state index contributed by atoms with van der Waals surface area (Å²) in [6.45, 7) is 0.285. The lowest BCUT2D eigenvalue weighted by molar-refractivity contribution is -0.384. The molecule has 1 N–H and O–H groups in total. The van der Waals surface area contributed by atoms with E-state index in [1.54, 1.807) is 18.2 Å². The van der Waals surface area contributed by atoms with E-state index in [2.05, 4.69) is 21.2 Å². The number of nitro groups is 1. The van der Waals surface area contributed by atoms with Crippen LogP contribution in [0.25, 0.3) is 6.08 Å². The Bertz CT molecular complexity index is 1300. The molecule has 0 heterocycles. The minimum absolute atomic E-state index is 0.0234. The van der Waals surface area contributed by atoms with Crippen LogP contribution in [0.4, 0.5) is 11.4 Å². The molecule has 0 aliphatic rings. The number of carbonyl (C=O) groups excluding carboxylic acids is 1. The summed E-state index contributed by atoms with van der Waals surface area (Å²) in [6, 6.07) is 18.1. The first-order valence-corrected chi connectivity index (χ1v) is 10.9. The molecule has 0 saturated heterocycles. The van der Waals surface area contributed by atoms with Gasteiger partial charge in [-0.3, -0.25) is 14.9 Å². The van der Waals surface area contributed by atoms with Crippen molar-refractivity contribution in [2.45, 2.75) is 6.61 Å². The van der Waals surface area contributed by atoms with Gasteiger partial charge < -0.3 is 14.8 Å². The second-order valence-electron chi connectivity index (χ2n) is 6.87. The second-order valence-corrected chi connectivity index (χ2v) is 8.19. The number of methoxy groups -OCH3 is 1. The molecule has 10 heteroatoms. The van der Waals surface area contributed by atoms with E-state index >= 15 is 0 Å². The number of anilines is 1. The van der Waals surface area contributed by atoms with Gasteiger partial charge >= 0.3 is 0 Å². The molecule has 0 atom stereocenters. The maximum Gasteiger partial charge on any atom is 0.271 e. The van der Waals surface area contributed by atoms with Crippen molar-refractivity contribution in [2.24, 2.45) is 0 Å². The third-order valence-electron chi connectivity index (χ3n) is 4.58. The Labute approximate surface area is 208 Å². The highest BCUT2D eigenvalue weighted by Crippen LogP contribution is 2.31. The quantitative estimate of drug-likeness (QED) is 0.158. The van der Waals surface area contributed by atoms with Crippen LogP contribution < -0.4 is 14.8 Å². The van der Waals surface area contributed by atoms with Gasteiger partial charge in [-0.2, -0.15) is 5.26 Å². The fourth-order valence-electron chi connectivity index (χ4n) is 2.87. The van der Waals surface area contributed by atoms with Gasteiger partial charge in [-0.1, -0.05) is 45.7 Å². The van der Waals surface area contributed by atoms with Crippen molar-refractivity contribution in [3.8, 4) is 17.6 Å². The minimum Gasteiger partial charge on any atom is -0.493 e. The third-order valence-corrected chi connectivity index (χ3v) is 5.44. The highest BCUT2D eigenvalue weighted by Gasteiger charge is 2.15. The number of nitrogens with one attached hydrogen (secondary N) is 1. The predicted molar refractivity (Wildman–Crippen MR) is 132 cm³/mol. The lowest BCUT2D eigenvalue weighted by Gasteiger charge is -2.12. The highest BCUT2D eigenvalue weighted by atomic mass is 79.9. The summed E-state index contributed by atoms with van der Waals surface area (Å²) in [5.41, 5.74) is 1.01. The van der Waals surface area contributed by atoms with Crippen LogP contribution in [0.1, 0.15) is 11.1 Å². The largest absolute Gasteiger partial charge is 0.493 e. The van der Waals surface area contributed by atoms with Crippen molar-refractivity contribution in [1.82, 2.24) is 0 Å². The molecule has 3 rings (SSSR count). The second kappa shape index (κ2) is 11.3. The summed E-state index contributed by atoms with van der Waals surface area (Å²) in [6.07, 6.45) is 1.37. The molecule has 3 aromatic carbocycles. The van der Waals surface area contributed by atoms with Crippen molar-refractivity contribution >= 4 is 50.9 Å². The van der Waals surface area contributed by atoms with E-state index in [0.29, 0.717) is 17.1 Å².